The topological polar surface area (TPSA) is 81.2 Å². The minimum absolute atomic E-state index is 0.00933. The van der Waals surface area contributed by atoms with Gasteiger partial charge in [0.1, 0.15) is 5.69 Å². The van der Waals surface area contributed by atoms with E-state index in [9.17, 15) is 10.1 Å². The molecule has 0 aliphatic heterocycles. The summed E-state index contributed by atoms with van der Waals surface area (Å²) in [6.07, 6.45) is 0. The van der Waals surface area contributed by atoms with Crippen LogP contribution < -0.4 is 0 Å². The Morgan fingerprint density at radius 2 is 2.25 bits per heavy atom. The Morgan fingerprint density at radius 1 is 1.62 bits per heavy atom. The lowest BCUT2D eigenvalue weighted by Gasteiger charge is -1.99. The molecule has 0 saturated carbocycles. The predicted octanol–water partition coefficient (Wildman–Crippen LogP) is 1.54. The third kappa shape index (κ3) is 2.53. The molecule has 7 heteroatoms. The van der Waals surface area contributed by atoms with Gasteiger partial charge in [0.15, 0.2) is 5.03 Å². The molecule has 90 valence electrons. The average Bonchev–Trinajstić information content (AvgIpc) is 2.52. The highest BCUT2D eigenvalue weighted by Crippen LogP contribution is 2.35. The van der Waals surface area contributed by atoms with Crippen LogP contribution in [0.4, 0.5) is 5.69 Å². The van der Waals surface area contributed by atoms with Crippen LogP contribution in [0.15, 0.2) is 5.03 Å². The van der Waals surface area contributed by atoms with E-state index in [1.54, 1.807) is 7.05 Å². The van der Waals surface area contributed by atoms with Crippen molar-refractivity contribution in [1.82, 2.24) is 9.78 Å². The van der Waals surface area contributed by atoms with E-state index in [0.717, 1.165) is 0 Å². The highest BCUT2D eigenvalue weighted by atomic mass is 32.2. The van der Waals surface area contributed by atoms with Gasteiger partial charge in [-0.25, -0.2) is 0 Å². The lowest BCUT2D eigenvalue weighted by Crippen LogP contribution is -1.97. The van der Waals surface area contributed by atoms with E-state index in [2.05, 4.69) is 5.10 Å². The Balaban J connectivity index is 3.19. The van der Waals surface area contributed by atoms with Crippen LogP contribution in [0.3, 0.4) is 0 Å². The van der Waals surface area contributed by atoms with Gasteiger partial charge in [0.25, 0.3) is 0 Å². The SMILES string of the molecule is CC(C)c1nn(C)c(SCCO)c1[N+](=O)[O-]. The van der Waals surface area contributed by atoms with Gasteiger partial charge < -0.3 is 5.11 Å². The first-order valence-corrected chi connectivity index (χ1v) is 5.92. The van der Waals surface area contributed by atoms with Gasteiger partial charge in [-0.2, -0.15) is 5.10 Å². The number of nitrogens with zero attached hydrogens (tertiary/aromatic N) is 3. The Bertz CT molecular complexity index is 390. The van der Waals surface area contributed by atoms with E-state index in [-0.39, 0.29) is 18.2 Å². The zero-order valence-corrected chi connectivity index (χ0v) is 10.3. The number of nitro groups is 1. The first-order chi connectivity index (χ1) is 7.49. The molecule has 0 aromatic carbocycles. The van der Waals surface area contributed by atoms with E-state index in [1.165, 1.54) is 16.4 Å². The first kappa shape index (κ1) is 13.0. The summed E-state index contributed by atoms with van der Waals surface area (Å²) in [6, 6.07) is 0. The molecule has 0 amide bonds. The number of aliphatic hydroxyl groups excluding tert-OH is 1. The molecule has 0 aliphatic rings. The van der Waals surface area contributed by atoms with Crippen molar-refractivity contribution >= 4 is 17.4 Å². The Hall–Kier alpha value is -1.08. The second kappa shape index (κ2) is 5.31. The average molecular weight is 245 g/mol. The van der Waals surface area contributed by atoms with Crippen LogP contribution in [0, 0.1) is 10.1 Å². The summed E-state index contributed by atoms with van der Waals surface area (Å²) in [7, 11) is 1.68. The van der Waals surface area contributed by atoms with Crippen molar-refractivity contribution in [2.45, 2.75) is 24.8 Å². The monoisotopic (exact) mass is 245 g/mol. The van der Waals surface area contributed by atoms with Gasteiger partial charge in [0.2, 0.25) is 0 Å². The van der Waals surface area contributed by atoms with E-state index >= 15 is 0 Å². The van der Waals surface area contributed by atoms with Crippen LogP contribution in [-0.2, 0) is 7.05 Å². The molecule has 1 N–H and O–H groups in total. The summed E-state index contributed by atoms with van der Waals surface area (Å²) >= 11 is 1.25. The Morgan fingerprint density at radius 3 is 2.69 bits per heavy atom. The van der Waals surface area contributed by atoms with Gasteiger partial charge in [-0.1, -0.05) is 25.6 Å². The van der Waals surface area contributed by atoms with Gasteiger partial charge in [-0.15, -0.1) is 0 Å². The molecule has 0 atom stereocenters. The van der Waals surface area contributed by atoms with Crippen LogP contribution >= 0.6 is 11.8 Å². The normalized spacial score (nSPS) is 11.1. The fourth-order valence-electron chi connectivity index (χ4n) is 1.38. The minimum atomic E-state index is -0.401. The number of hydrogen-bond acceptors (Lipinski definition) is 5. The molecule has 1 heterocycles. The molecule has 1 aromatic heterocycles. The van der Waals surface area contributed by atoms with Gasteiger partial charge in [0, 0.05) is 18.7 Å². The molecule has 0 unspecified atom stereocenters. The van der Waals surface area contributed by atoms with Crippen LogP contribution in [0.2, 0.25) is 0 Å². The molecule has 0 fully saturated rings. The summed E-state index contributed by atoms with van der Waals surface area (Å²) in [4.78, 5) is 10.6. The molecular weight excluding hydrogens is 230 g/mol. The van der Waals surface area contributed by atoms with E-state index in [4.69, 9.17) is 5.11 Å². The lowest BCUT2D eigenvalue weighted by molar-refractivity contribution is -0.388. The third-order valence-corrected chi connectivity index (χ3v) is 3.17. The zero-order valence-electron chi connectivity index (χ0n) is 9.51. The minimum Gasteiger partial charge on any atom is -0.396 e. The second-order valence-electron chi connectivity index (χ2n) is 3.65. The van der Waals surface area contributed by atoms with Crippen molar-refractivity contribution in [3.8, 4) is 0 Å². The number of hydrogen-bond donors (Lipinski definition) is 1. The Labute approximate surface area is 97.8 Å². The van der Waals surface area contributed by atoms with Gasteiger partial charge in [-0.3, -0.25) is 14.8 Å². The number of thioether (sulfide) groups is 1. The molecule has 0 bridgehead atoms. The zero-order chi connectivity index (χ0) is 12.3. The summed E-state index contributed by atoms with van der Waals surface area (Å²) in [6.45, 7) is 3.73. The number of aliphatic hydroxyl groups is 1. The van der Waals surface area contributed by atoms with Crippen LogP contribution in [-0.4, -0.2) is 32.2 Å². The molecule has 1 aromatic rings. The quantitative estimate of drug-likeness (QED) is 0.483. The summed E-state index contributed by atoms with van der Waals surface area (Å²) in [5, 5.41) is 24.4. The van der Waals surface area contributed by atoms with Gasteiger partial charge >= 0.3 is 5.69 Å². The van der Waals surface area contributed by atoms with Crippen LogP contribution in [0.1, 0.15) is 25.5 Å². The molecule has 6 nitrogen and oxygen atoms in total. The maximum atomic E-state index is 11.0. The van der Waals surface area contributed by atoms with Crippen molar-refractivity contribution in [3.05, 3.63) is 15.8 Å². The number of aromatic nitrogens is 2. The van der Waals surface area contributed by atoms with Crippen molar-refractivity contribution < 1.29 is 10.0 Å². The molecule has 0 aliphatic carbocycles. The van der Waals surface area contributed by atoms with Gasteiger partial charge in [0.05, 0.1) is 11.5 Å². The highest BCUT2D eigenvalue weighted by Gasteiger charge is 2.28. The van der Waals surface area contributed by atoms with Crippen LogP contribution in [0.25, 0.3) is 0 Å². The number of rotatable bonds is 5. The smallest absolute Gasteiger partial charge is 0.324 e. The lowest BCUT2D eigenvalue weighted by atomic mass is 10.1. The maximum absolute atomic E-state index is 11.0. The van der Waals surface area contributed by atoms with Crippen LogP contribution in [0.5, 0.6) is 0 Å². The highest BCUT2D eigenvalue weighted by molar-refractivity contribution is 7.99. The third-order valence-electron chi connectivity index (χ3n) is 2.06. The first-order valence-electron chi connectivity index (χ1n) is 4.94. The van der Waals surface area contributed by atoms with E-state index < -0.39 is 4.92 Å². The summed E-state index contributed by atoms with van der Waals surface area (Å²) in [5.41, 5.74) is 0.559. The fraction of sp³-hybridized carbons (Fsp3) is 0.667. The van der Waals surface area contributed by atoms with Gasteiger partial charge in [-0.05, 0) is 0 Å². The van der Waals surface area contributed by atoms with Crippen molar-refractivity contribution in [1.29, 1.82) is 0 Å². The fourth-order valence-corrected chi connectivity index (χ4v) is 2.21. The number of aryl methyl sites for hydroxylation is 1. The molecule has 16 heavy (non-hydrogen) atoms. The second-order valence-corrected chi connectivity index (χ2v) is 4.73. The molecule has 1 rings (SSSR count). The molecular formula is C9H15N3O3S. The summed E-state index contributed by atoms with van der Waals surface area (Å²) in [5.74, 6) is 0.438. The molecule has 0 radical (unpaired) electrons. The van der Waals surface area contributed by atoms with Crippen molar-refractivity contribution in [2.24, 2.45) is 7.05 Å². The standard InChI is InChI=1S/C9H15N3O3S/c1-6(2)7-8(12(14)15)9(11(3)10-7)16-5-4-13/h6,13H,4-5H2,1-3H3. The van der Waals surface area contributed by atoms with Crippen molar-refractivity contribution in [2.75, 3.05) is 12.4 Å². The maximum Gasteiger partial charge on any atom is 0.324 e. The predicted molar refractivity (Wildman–Crippen MR) is 61.8 cm³/mol. The summed E-state index contributed by atoms with van der Waals surface area (Å²) < 4.78 is 1.51. The largest absolute Gasteiger partial charge is 0.396 e. The molecule has 0 saturated heterocycles. The molecule has 0 spiro atoms. The van der Waals surface area contributed by atoms with E-state index in [0.29, 0.717) is 16.5 Å². The van der Waals surface area contributed by atoms with E-state index in [1.807, 2.05) is 13.8 Å². The Kier molecular flexibility index (Phi) is 4.31. The van der Waals surface area contributed by atoms with Crippen molar-refractivity contribution in [3.63, 3.8) is 0 Å².